The van der Waals surface area contributed by atoms with Gasteiger partial charge in [0, 0.05) is 48.6 Å². The number of halogens is 1. The smallest absolute Gasteiger partial charge is 0.253 e. The van der Waals surface area contributed by atoms with Gasteiger partial charge < -0.3 is 4.90 Å². The van der Waals surface area contributed by atoms with Crippen LogP contribution in [0.4, 0.5) is 0 Å². The van der Waals surface area contributed by atoms with Crippen molar-refractivity contribution in [3.63, 3.8) is 0 Å². The summed E-state index contributed by atoms with van der Waals surface area (Å²) in [4.78, 5) is 17.1. The van der Waals surface area contributed by atoms with Gasteiger partial charge in [-0.15, -0.1) is 0 Å². The fraction of sp³-hybridized carbons (Fsp3) is 0.562. The van der Waals surface area contributed by atoms with Crippen molar-refractivity contribution in [2.24, 2.45) is 0 Å². The molecule has 0 radical (unpaired) electrons. The first-order valence-corrected chi connectivity index (χ1v) is 9.14. The van der Waals surface area contributed by atoms with E-state index < -0.39 is 0 Å². The lowest BCUT2D eigenvalue weighted by Crippen LogP contribution is -2.39. The number of benzene rings is 1. The van der Waals surface area contributed by atoms with Crippen LogP contribution in [0.25, 0.3) is 0 Å². The Morgan fingerprint density at radius 2 is 2.14 bits per heavy atom. The minimum atomic E-state index is 0.111. The number of carbonyl (C=O) groups excluding carboxylic acids is 1. The van der Waals surface area contributed by atoms with E-state index in [1.165, 1.54) is 17.9 Å². The molecule has 1 unspecified atom stereocenters. The van der Waals surface area contributed by atoms with Gasteiger partial charge in [0.15, 0.2) is 0 Å². The third kappa shape index (κ3) is 3.74. The van der Waals surface area contributed by atoms with Crippen LogP contribution in [0.15, 0.2) is 24.3 Å². The fourth-order valence-corrected chi connectivity index (χ4v) is 4.57. The molecule has 2 fully saturated rings. The maximum Gasteiger partial charge on any atom is 0.253 e. The van der Waals surface area contributed by atoms with E-state index in [1.807, 2.05) is 17.0 Å². The second-order valence-electron chi connectivity index (χ2n) is 5.71. The highest BCUT2D eigenvalue weighted by atomic mass is 35.5. The van der Waals surface area contributed by atoms with Crippen molar-refractivity contribution >= 4 is 29.3 Å². The molecule has 0 bridgehead atoms. The van der Waals surface area contributed by atoms with E-state index in [-0.39, 0.29) is 5.91 Å². The molecule has 3 rings (SSSR count). The molecule has 0 spiro atoms. The molecule has 2 aliphatic heterocycles. The van der Waals surface area contributed by atoms with Crippen molar-refractivity contribution in [1.29, 1.82) is 0 Å². The molecule has 3 nitrogen and oxygen atoms in total. The second-order valence-corrected chi connectivity index (χ2v) is 7.30. The van der Waals surface area contributed by atoms with Crippen LogP contribution < -0.4 is 0 Å². The predicted molar refractivity (Wildman–Crippen MR) is 89.3 cm³/mol. The van der Waals surface area contributed by atoms with Gasteiger partial charge in [-0.25, -0.2) is 0 Å². The number of carbonyl (C=O) groups is 1. The quantitative estimate of drug-likeness (QED) is 0.835. The minimum Gasteiger partial charge on any atom is -0.337 e. The Kier molecular flexibility index (Phi) is 5.09. The Hall–Kier alpha value is -0.710. The summed E-state index contributed by atoms with van der Waals surface area (Å²) >= 11 is 8.04. The summed E-state index contributed by atoms with van der Waals surface area (Å²) in [6, 6.07) is 7.98. The van der Waals surface area contributed by atoms with E-state index >= 15 is 0 Å². The Balaban J connectivity index is 1.63. The molecule has 1 aromatic rings. The Bertz CT molecular complexity index is 505. The van der Waals surface area contributed by atoms with E-state index in [0.717, 1.165) is 38.6 Å². The standard InChI is InChI=1S/C16H21ClN2OS/c17-14-4-1-3-13(11-14)16(20)19-7-2-6-18(8-9-19)15-5-10-21-12-15/h1,3-4,11,15H,2,5-10,12H2. The van der Waals surface area contributed by atoms with Crippen molar-refractivity contribution < 1.29 is 4.79 Å². The lowest BCUT2D eigenvalue weighted by atomic mass is 10.2. The van der Waals surface area contributed by atoms with E-state index in [9.17, 15) is 4.79 Å². The largest absolute Gasteiger partial charge is 0.337 e. The second kappa shape index (κ2) is 7.03. The molecule has 1 amide bonds. The Morgan fingerprint density at radius 1 is 1.24 bits per heavy atom. The molecule has 0 aliphatic carbocycles. The van der Waals surface area contributed by atoms with Gasteiger partial charge in [-0.2, -0.15) is 11.8 Å². The molecule has 21 heavy (non-hydrogen) atoms. The van der Waals surface area contributed by atoms with Crippen molar-refractivity contribution in [3.05, 3.63) is 34.9 Å². The average molecular weight is 325 g/mol. The number of amides is 1. The lowest BCUT2D eigenvalue weighted by Gasteiger charge is -2.26. The van der Waals surface area contributed by atoms with Crippen LogP contribution in [-0.4, -0.2) is 59.4 Å². The summed E-state index contributed by atoms with van der Waals surface area (Å²) in [7, 11) is 0. The molecular weight excluding hydrogens is 304 g/mol. The van der Waals surface area contributed by atoms with Crippen LogP contribution in [0.2, 0.25) is 5.02 Å². The molecule has 5 heteroatoms. The summed E-state index contributed by atoms with van der Waals surface area (Å²) in [6.45, 7) is 3.79. The number of rotatable bonds is 2. The van der Waals surface area contributed by atoms with E-state index in [2.05, 4.69) is 16.7 Å². The van der Waals surface area contributed by atoms with Gasteiger partial charge in [0.1, 0.15) is 0 Å². The highest BCUT2D eigenvalue weighted by Gasteiger charge is 2.26. The molecule has 2 saturated heterocycles. The zero-order chi connectivity index (χ0) is 14.7. The van der Waals surface area contributed by atoms with Gasteiger partial charge in [0.2, 0.25) is 0 Å². The van der Waals surface area contributed by atoms with Crippen LogP contribution in [0, 0.1) is 0 Å². The van der Waals surface area contributed by atoms with Crippen LogP contribution in [0.3, 0.4) is 0 Å². The van der Waals surface area contributed by atoms with Gasteiger partial charge in [0.05, 0.1) is 0 Å². The minimum absolute atomic E-state index is 0.111. The van der Waals surface area contributed by atoms with Gasteiger partial charge in [-0.3, -0.25) is 9.69 Å². The molecule has 0 N–H and O–H groups in total. The zero-order valence-electron chi connectivity index (χ0n) is 12.1. The molecule has 114 valence electrons. The summed E-state index contributed by atoms with van der Waals surface area (Å²) in [5.74, 6) is 2.65. The van der Waals surface area contributed by atoms with Crippen molar-refractivity contribution in [2.45, 2.75) is 18.9 Å². The molecule has 2 aliphatic rings. The van der Waals surface area contributed by atoms with E-state index in [4.69, 9.17) is 11.6 Å². The summed E-state index contributed by atoms with van der Waals surface area (Å²) in [6.07, 6.45) is 2.36. The summed E-state index contributed by atoms with van der Waals surface area (Å²) < 4.78 is 0. The normalized spacial score (nSPS) is 24.0. The van der Waals surface area contributed by atoms with E-state index in [1.54, 1.807) is 12.1 Å². The van der Waals surface area contributed by atoms with Crippen LogP contribution in [-0.2, 0) is 0 Å². The van der Waals surface area contributed by atoms with Gasteiger partial charge in [-0.05, 0) is 36.8 Å². The summed E-state index contributed by atoms with van der Waals surface area (Å²) in [5.41, 5.74) is 0.701. The molecule has 1 atom stereocenters. The first-order chi connectivity index (χ1) is 10.2. The third-order valence-electron chi connectivity index (χ3n) is 4.31. The fourth-order valence-electron chi connectivity index (χ4n) is 3.12. The first-order valence-electron chi connectivity index (χ1n) is 7.61. The van der Waals surface area contributed by atoms with Gasteiger partial charge in [0.25, 0.3) is 5.91 Å². The molecular formula is C16H21ClN2OS. The summed E-state index contributed by atoms with van der Waals surface area (Å²) in [5, 5.41) is 0.625. The van der Waals surface area contributed by atoms with Gasteiger partial charge in [-0.1, -0.05) is 17.7 Å². The topological polar surface area (TPSA) is 23.6 Å². The van der Waals surface area contributed by atoms with E-state index in [0.29, 0.717) is 10.6 Å². The third-order valence-corrected chi connectivity index (χ3v) is 5.69. The number of hydrogen-bond acceptors (Lipinski definition) is 3. The zero-order valence-corrected chi connectivity index (χ0v) is 13.7. The van der Waals surface area contributed by atoms with Crippen molar-refractivity contribution in [2.75, 3.05) is 37.7 Å². The highest BCUT2D eigenvalue weighted by molar-refractivity contribution is 7.99. The predicted octanol–water partition coefficient (Wildman–Crippen LogP) is 2.99. The van der Waals surface area contributed by atoms with Crippen molar-refractivity contribution in [1.82, 2.24) is 9.80 Å². The Labute approximate surface area is 135 Å². The maximum absolute atomic E-state index is 12.6. The lowest BCUT2D eigenvalue weighted by molar-refractivity contribution is 0.0759. The van der Waals surface area contributed by atoms with Gasteiger partial charge >= 0.3 is 0 Å². The number of thioether (sulfide) groups is 1. The Morgan fingerprint density at radius 3 is 2.90 bits per heavy atom. The molecule has 0 aromatic heterocycles. The molecule has 0 saturated carbocycles. The van der Waals surface area contributed by atoms with Crippen molar-refractivity contribution in [3.8, 4) is 0 Å². The number of nitrogens with zero attached hydrogens (tertiary/aromatic N) is 2. The average Bonchev–Trinajstić information content (AvgIpc) is 2.91. The van der Waals surface area contributed by atoms with Crippen LogP contribution >= 0.6 is 23.4 Å². The molecule has 2 heterocycles. The molecule has 1 aromatic carbocycles. The van der Waals surface area contributed by atoms with Crippen LogP contribution in [0.1, 0.15) is 23.2 Å². The maximum atomic E-state index is 12.6. The SMILES string of the molecule is O=C(c1cccc(Cl)c1)N1CCCN(C2CCSC2)CC1. The number of hydrogen-bond donors (Lipinski definition) is 0. The monoisotopic (exact) mass is 324 g/mol. The first kappa shape index (κ1) is 15.2. The van der Waals surface area contributed by atoms with Crippen LogP contribution in [0.5, 0.6) is 0 Å². The highest BCUT2D eigenvalue weighted by Crippen LogP contribution is 2.23.